The number of carbonyl (C=O) groups is 1. The lowest BCUT2D eigenvalue weighted by Gasteiger charge is -2.15. The lowest BCUT2D eigenvalue weighted by atomic mass is 10.2. The maximum Gasteiger partial charge on any atom is 0.243 e. The lowest BCUT2D eigenvalue weighted by Crippen LogP contribution is -2.32. The summed E-state index contributed by atoms with van der Waals surface area (Å²) in [4.78, 5) is 16.2. The molecule has 5 nitrogen and oxygen atoms in total. The summed E-state index contributed by atoms with van der Waals surface area (Å²) < 4.78 is 14.9. The number of aromatic nitrogens is 2. The third-order valence-electron chi connectivity index (χ3n) is 3.37. The minimum absolute atomic E-state index is 0.113. The summed E-state index contributed by atoms with van der Waals surface area (Å²) in [5.74, 6) is -0.264. The molecule has 6 heteroatoms. The molecule has 1 heterocycles. The zero-order valence-corrected chi connectivity index (χ0v) is 10.6. The molecule has 0 bridgehead atoms. The molecule has 1 atom stereocenters. The zero-order chi connectivity index (χ0) is 13.6. The van der Waals surface area contributed by atoms with E-state index in [1.807, 2.05) is 0 Å². The second kappa shape index (κ2) is 4.22. The minimum Gasteiger partial charge on any atom is -0.369 e. The van der Waals surface area contributed by atoms with E-state index in [2.05, 4.69) is 10.3 Å². The highest BCUT2D eigenvalue weighted by Gasteiger charge is 2.27. The van der Waals surface area contributed by atoms with Gasteiger partial charge in [-0.3, -0.25) is 9.36 Å². The Morgan fingerprint density at radius 1 is 1.58 bits per heavy atom. The molecule has 1 fully saturated rings. The molecule has 0 aliphatic heterocycles. The van der Waals surface area contributed by atoms with Crippen LogP contribution in [0.3, 0.4) is 0 Å². The maximum absolute atomic E-state index is 13.3. The van der Waals surface area contributed by atoms with Crippen molar-refractivity contribution in [3.8, 4) is 0 Å². The summed E-state index contributed by atoms with van der Waals surface area (Å²) in [6.45, 7) is 1.74. The average Bonchev–Trinajstić information content (AvgIpc) is 3.10. The third-order valence-corrected chi connectivity index (χ3v) is 3.37. The van der Waals surface area contributed by atoms with Gasteiger partial charge in [-0.05, 0) is 38.0 Å². The molecule has 1 amide bonds. The van der Waals surface area contributed by atoms with Crippen molar-refractivity contribution in [1.29, 1.82) is 0 Å². The molecule has 19 heavy (non-hydrogen) atoms. The number of imidazole rings is 1. The van der Waals surface area contributed by atoms with Gasteiger partial charge in [0.1, 0.15) is 11.9 Å². The number of halogens is 1. The number of carbonyl (C=O) groups excluding carboxylic acids is 1. The number of hydrogen-bond donors (Lipinski definition) is 2. The fourth-order valence-corrected chi connectivity index (χ4v) is 2.16. The van der Waals surface area contributed by atoms with Crippen LogP contribution in [-0.4, -0.2) is 21.5 Å². The van der Waals surface area contributed by atoms with E-state index in [4.69, 9.17) is 5.73 Å². The van der Waals surface area contributed by atoms with E-state index in [0.717, 1.165) is 12.8 Å². The first-order valence-corrected chi connectivity index (χ1v) is 6.29. The van der Waals surface area contributed by atoms with Crippen molar-refractivity contribution in [3.63, 3.8) is 0 Å². The quantitative estimate of drug-likeness (QED) is 0.882. The molecule has 3 rings (SSSR count). The Bertz CT molecular complexity index is 647. The SMILES string of the molecule is CC(C(=O)NC1CC1)n1c(N)nc2ccc(F)cc21. The van der Waals surface area contributed by atoms with E-state index in [-0.39, 0.29) is 23.7 Å². The van der Waals surface area contributed by atoms with Crippen molar-refractivity contribution in [3.05, 3.63) is 24.0 Å². The van der Waals surface area contributed by atoms with Gasteiger partial charge in [-0.2, -0.15) is 0 Å². The van der Waals surface area contributed by atoms with Crippen LogP contribution < -0.4 is 11.1 Å². The first-order valence-electron chi connectivity index (χ1n) is 6.29. The maximum atomic E-state index is 13.3. The Kier molecular flexibility index (Phi) is 2.66. The van der Waals surface area contributed by atoms with E-state index < -0.39 is 6.04 Å². The zero-order valence-electron chi connectivity index (χ0n) is 10.6. The fourth-order valence-electron chi connectivity index (χ4n) is 2.16. The highest BCUT2D eigenvalue weighted by molar-refractivity contribution is 5.85. The summed E-state index contributed by atoms with van der Waals surface area (Å²) in [5, 5.41) is 2.91. The Morgan fingerprint density at radius 3 is 3.00 bits per heavy atom. The van der Waals surface area contributed by atoms with E-state index in [0.29, 0.717) is 11.0 Å². The Labute approximate surface area is 109 Å². The van der Waals surface area contributed by atoms with Crippen molar-refractivity contribution in [1.82, 2.24) is 14.9 Å². The van der Waals surface area contributed by atoms with Crippen LogP contribution in [0.25, 0.3) is 11.0 Å². The second-order valence-corrected chi connectivity index (χ2v) is 4.93. The van der Waals surface area contributed by atoms with Gasteiger partial charge in [-0.25, -0.2) is 9.37 Å². The molecule has 2 aromatic rings. The Morgan fingerprint density at radius 2 is 2.32 bits per heavy atom. The largest absolute Gasteiger partial charge is 0.369 e. The number of hydrogen-bond acceptors (Lipinski definition) is 3. The highest BCUT2D eigenvalue weighted by Crippen LogP contribution is 2.25. The van der Waals surface area contributed by atoms with E-state index in [1.54, 1.807) is 17.6 Å². The summed E-state index contributed by atoms with van der Waals surface area (Å²) >= 11 is 0. The number of amides is 1. The van der Waals surface area contributed by atoms with Crippen molar-refractivity contribution >= 4 is 22.9 Å². The van der Waals surface area contributed by atoms with Gasteiger partial charge in [0.25, 0.3) is 0 Å². The van der Waals surface area contributed by atoms with Crippen molar-refractivity contribution < 1.29 is 9.18 Å². The number of nitrogen functional groups attached to an aromatic ring is 1. The molecule has 3 N–H and O–H groups in total. The predicted molar refractivity (Wildman–Crippen MR) is 70.0 cm³/mol. The van der Waals surface area contributed by atoms with Crippen molar-refractivity contribution in [2.45, 2.75) is 31.8 Å². The second-order valence-electron chi connectivity index (χ2n) is 4.93. The summed E-state index contributed by atoms with van der Waals surface area (Å²) in [7, 11) is 0. The number of rotatable bonds is 3. The minimum atomic E-state index is -0.507. The van der Waals surface area contributed by atoms with Crippen LogP contribution in [0.1, 0.15) is 25.8 Å². The van der Waals surface area contributed by atoms with Crippen LogP contribution in [0.15, 0.2) is 18.2 Å². The lowest BCUT2D eigenvalue weighted by molar-refractivity contribution is -0.123. The number of nitrogens with one attached hydrogen (secondary N) is 1. The molecule has 1 unspecified atom stereocenters. The summed E-state index contributed by atoms with van der Waals surface area (Å²) in [5.41, 5.74) is 6.96. The predicted octanol–water partition coefficient (Wildman–Crippen LogP) is 1.60. The topological polar surface area (TPSA) is 72.9 Å². The summed E-state index contributed by atoms with van der Waals surface area (Å²) in [6, 6.07) is 4.01. The first-order chi connectivity index (χ1) is 9.06. The molecule has 1 aromatic carbocycles. The number of benzene rings is 1. The molecular formula is C13H15FN4O. The van der Waals surface area contributed by atoms with Gasteiger partial charge >= 0.3 is 0 Å². The molecule has 0 spiro atoms. The van der Waals surface area contributed by atoms with Gasteiger partial charge in [0.15, 0.2) is 0 Å². The molecule has 1 aliphatic rings. The molecule has 0 saturated heterocycles. The van der Waals surface area contributed by atoms with Gasteiger partial charge in [0.2, 0.25) is 11.9 Å². The molecule has 1 saturated carbocycles. The van der Waals surface area contributed by atoms with Crippen molar-refractivity contribution in [2.24, 2.45) is 0 Å². The van der Waals surface area contributed by atoms with Crippen molar-refractivity contribution in [2.75, 3.05) is 5.73 Å². The van der Waals surface area contributed by atoms with Crippen LogP contribution >= 0.6 is 0 Å². The van der Waals surface area contributed by atoms with E-state index in [1.165, 1.54) is 12.1 Å². The average molecular weight is 262 g/mol. The van der Waals surface area contributed by atoms with Gasteiger partial charge < -0.3 is 11.1 Å². The number of nitrogens with zero attached hydrogens (tertiary/aromatic N) is 2. The first kappa shape index (κ1) is 12.0. The fraction of sp³-hybridized carbons (Fsp3) is 0.385. The van der Waals surface area contributed by atoms with E-state index >= 15 is 0 Å². The number of fused-ring (bicyclic) bond motifs is 1. The highest BCUT2D eigenvalue weighted by atomic mass is 19.1. The molecule has 1 aliphatic carbocycles. The van der Waals surface area contributed by atoms with Crippen LogP contribution in [0, 0.1) is 5.82 Å². The van der Waals surface area contributed by atoms with Crippen LogP contribution in [0.2, 0.25) is 0 Å². The van der Waals surface area contributed by atoms with Crippen LogP contribution in [-0.2, 0) is 4.79 Å². The molecule has 0 radical (unpaired) electrons. The van der Waals surface area contributed by atoms with Gasteiger partial charge in [-0.1, -0.05) is 0 Å². The van der Waals surface area contributed by atoms with Crippen LogP contribution in [0.5, 0.6) is 0 Å². The smallest absolute Gasteiger partial charge is 0.243 e. The van der Waals surface area contributed by atoms with Gasteiger partial charge in [0.05, 0.1) is 11.0 Å². The standard InChI is InChI=1S/C13H15FN4O/c1-7(12(19)16-9-3-4-9)18-11-6-8(14)2-5-10(11)17-13(18)15/h2,5-7,9H,3-4H2,1H3,(H2,15,17)(H,16,19). The Hall–Kier alpha value is -2.11. The molecule has 1 aromatic heterocycles. The van der Waals surface area contributed by atoms with Crippen LogP contribution in [0.4, 0.5) is 10.3 Å². The number of anilines is 1. The summed E-state index contributed by atoms with van der Waals surface area (Å²) in [6.07, 6.45) is 2.04. The Balaban J connectivity index is 2.00. The van der Waals surface area contributed by atoms with Gasteiger partial charge in [0, 0.05) is 6.04 Å². The third kappa shape index (κ3) is 2.14. The molecular weight excluding hydrogens is 247 g/mol. The normalized spacial score (nSPS) is 16.5. The van der Waals surface area contributed by atoms with E-state index in [9.17, 15) is 9.18 Å². The monoisotopic (exact) mass is 262 g/mol. The molecule has 100 valence electrons. The van der Waals surface area contributed by atoms with Gasteiger partial charge in [-0.15, -0.1) is 0 Å². The number of nitrogens with two attached hydrogens (primary N) is 1.